The molecule has 0 saturated heterocycles. The molecule has 108 valence electrons. The number of aromatic nitrogens is 2. The fraction of sp³-hybridized carbons (Fsp3) is 0.429. The van der Waals surface area contributed by atoms with Crippen LogP contribution in [0.1, 0.15) is 24.3 Å². The molecule has 6 heteroatoms. The molecule has 0 aromatic carbocycles. The van der Waals surface area contributed by atoms with Crippen molar-refractivity contribution in [3.8, 4) is 0 Å². The van der Waals surface area contributed by atoms with Crippen molar-refractivity contribution in [3.05, 3.63) is 33.2 Å². The van der Waals surface area contributed by atoms with Crippen LogP contribution in [0.3, 0.4) is 0 Å². The van der Waals surface area contributed by atoms with Gasteiger partial charge < -0.3 is 10.6 Å². The van der Waals surface area contributed by atoms with Crippen molar-refractivity contribution in [2.75, 3.05) is 23.7 Å². The molecule has 0 atom stereocenters. The molecule has 0 bridgehead atoms. The number of hydrogen-bond donors (Lipinski definition) is 2. The Bertz CT molecular complexity index is 556. The van der Waals surface area contributed by atoms with E-state index in [1.54, 1.807) is 17.7 Å². The predicted molar refractivity (Wildman–Crippen MR) is 87.1 cm³/mol. The lowest BCUT2D eigenvalue weighted by Crippen LogP contribution is -2.11. The average Bonchev–Trinajstić information content (AvgIpc) is 2.85. The van der Waals surface area contributed by atoms with Crippen LogP contribution in [-0.2, 0) is 12.8 Å². The van der Waals surface area contributed by atoms with Crippen molar-refractivity contribution in [2.24, 2.45) is 0 Å². The maximum Gasteiger partial charge on any atom is 0.134 e. The number of nitrogens with one attached hydrogen (secondary N) is 2. The first kappa shape index (κ1) is 15.1. The molecule has 0 spiro atoms. The van der Waals surface area contributed by atoms with Gasteiger partial charge in [-0.05, 0) is 31.9 Å². The lowest BCUT2D eigenvalue weighted by Gasteiger charge is -2.13. The number of rotatable bonds is 7. The molecule has 2 N–H and O–H groups in total. The molecule has 2 heterocycles. The van der Waals surface area contributed by atoms with Crippen LogP contribution in [0.4, 0.5) is 11.6 Å². The van der Waals surface area contributed by atoms with Crippen molar-refractivity contribution in [3.63, 3.8) is 0 Å². The van der Waals surface area contributed by atoms with E-state index in [-0.39, 0.29) is 0 Å². The first-order valence-corrected chi connectivity index (χ1v) is 7.99. The van der Waals surface area contributed by atoms with Crippen LogP contribution in [0.2, 0.25) is 4.34 Å². The number of hydrogen-bond acceptors (Lipinski definition) is 5. The normalized spacial score (nSPS) is 10.6. The summed E-state index contributed by atoms with van der Waals surface area (Å²) >= 11 is 7.55. The van der Waals surface area contributed by atoms with Crippen molar-refractivity contribution >= 4 is 34.6 Å². The highest BCUT2D eigenvalue weighted by Gasteiger charge is 2.08. The molecular weight excluding hydrogens is 292 g/mol. The maximum absolute atomic E-state index is 5.93. The van der Waals surface area contributed by atoms with Gasteiger partial charge in [0.05, 0.1) is 4.34 Å². The number of nitrogens with zero attached hydrogens (tertiary/aromatic N) is 2. The summed E-state index contributed by atoms with van der Waals surface area (Å²) in [6.45, 7) is 5.88. The standard InChI is InChI=1S/C14H19ClN4S/c1-3-11-13(16-4-2)18-9-19-14(11)17-8-7-10-5-6-12(15)20-10/h5-6,9H,3-4,7-8H2,1-2H3,(H2,16,17,18,19). The predicted octanol–water partition coefficient (Wildman–Crippen LogP) is 3.84. The van der Waals surface area contributed by atoms with E-state index in [0.717, 1.165) is 47.5 Å². The van der Waals surface area contributed by atoms with Gasteiger partial charge in [-0.15, -0.1) is 11.3 Å². The lowest BCUT2D eigenvalue weighted by atomic mass is 10.2. The molecule has 4 nitrogen and oxygen atoms in total. The summed E-state index contributed by atoms with van der Waals surface area (Å²) < 4.78 is 0.839. The average molecular weight is 311 g/mol. The van der Waals surface area contributed by atoms with Gasteiger partial charge in [-0.25, -0.2) is 9.97 Å². The van der Waals surface area contributed by atoms with E-state index >= 15 is 0 Å². The molecule has 0 aliphatic carbocycles. The van der Waals surface area contributed by atoms with Gasteiger partial charge >= 0.3 is 0 Å². The second kappa shape index (κ2) is 7.45. The van der Waals surface area contributed by atoms with E-state index in [1.807, 2.05) is 6.07 Å². The quantitative estimate of drug-likeness (QED) is 0.816. The SMILES string of the molecule is CCNc1ncnc(NCCc2ccc(Cl)s2)c1CC. The van der Waals surface area contributed by atoms with E-state index in [4.69, 9.17) is 11.6 Å². The Labute approximate surface area is 128 Å². The third-order valence-electron chi connectivity index (χ3n) is 2.94. The van der Waals surface area contributed by atoms with E-state index < -0.39 is 0 Å². The third-order valence-corrected chi connectivity index (χ3v) is 4.23. The Balaban J connectivity index is 1.99. The molecule has 0 fully saturated rings. The highest BCUT2D eigenvalue weighted by atomic mass is 35.5. The van der Waals surface area contributed by atoms with E-state index in [1.165, 1.54) is 4.88 Å². The van der Waals surface area contributed by atoms with Gasteiger partial charge in [0.25, 0.3) is 0 Å². The first-order valence-electron chi connectivity index (χ1n) is 6.80. The Morgan fingerprint density at radius 2 is 1.90 bits per heavy atom. The summed E-state index contributed by atoms with van der Waals surface area (Å²) in [5, 5.41) is 6.67. The number of thiophene rings is 1. The highest BCUT2D eigenvalue weighted by molar-refractivity contribution is 7.16. The summed E-state index contributed by atoms with van der Waals surface area (Å²) in [5.41, 5.74) is 1.14. The van der Waals surface area contributed by atoms with Crippen molar-refractivity contribution in [1.82, 2.24) is 9.97 Å². The Morgan fingerprint density at radius 1 is 1.15 bits per heavy atom. The van der Waals surface area contributed by atoms with Gasteiger partial charge in [-0.1, -0.05) is 18.5 Å². The van der Waals surface area contributed by atoms with Gasteiger partial charge in [0.2, 0.25) is 0 Å². The van der Waals surface area contributed by atoms with Gasteiger partial charge in [-0.3, -0.25) is 0 Å². The lowest BCUT2D eigenvalue weighted by molar-refractivity contribution is 0.979. The van der Waals surface area contributed by atoms with E-state index in [0.29, 0.717) is 0 Å². The second-order valence-corrected chi connectivity index (χ2v) is 6.12. The van der Waals surface area contributed by atoms with Gasteiger partial charge in [-0.2, -0.15) is 0 Å². The zero-order chi connectivity index (χ0) is 14.4. The monoisotopic (exact) mass is 310 g/mol. The summed E-state index contributed by atoms with van der Waals surface area (Å²) in [4.78, 5) is 9.92. The van der Waals surface area contributed by atoms with Crippen LogP contribution >= 0.6 is 22.9 Å². The largest absolute Gasteiger partial charge is 0.370 e. The molecule has 0 radical (unpaired) electrons. The minimum Gasteiger partial charge on any atom is -0.370 e. The smallest absolute Gasteiger partial charge is 0.134 e. The minimum atomic E-state index is 0.839. The highest BCUT2D eigenvalue weighted by Crippen LogP contribution is 2.23. The number of anilines is 2. The van der Waals surface area contributed by atoms with Crippen LogP contribution in [0.5, 0.6) is 0 Å². The molecule has 2 aromatic heterocycles. The van der Waals surface area contributed by atoms with Crippen molar-refractivity contribution < 1.29 is 0 Å². The molecule has 0 amide bonds. The van der Waals surface area contributed by atoms with Crippen LogP contribution in [0.25, 0.3) is 0 Å². The molecule has 0 aliphatic heterocycles. The van der Waals surface area contributed by atoms with Crippen LogP contribution in [0.15, 0.2) is 18.5 Å². The minimum absolute atomic E-state index is 0.839. The molecular formula is C14H19ClN4S. The summed E-state index contributed by atoms with van der Waals surface area (Å²) in [6.07, 6.45) is 3.44. The fourth-order valence-electron chi connectivity index (χ4n) is 2.01. The Hall–Kier alpha value is -1.33. The first-order chi connectivity index (χ1) is 9.74. The van der Waals surface area contributed by atoms with Gasteiger partial charge in [0.1, 0.15) is 18.0 Å². The molecule has 2 aromatic rings. The summed E-state index contributed by atoms with van der Waals surface area (Å²) in [6, 6.07) is 4.01. The third kappa shape index (κ3) is 3.84. The van der Waals surface area contributed by atoms with Gasteiger partial charge in [0, 0.05) is 23.5 Å². The van der Waals surface area contributed by atoms with Crippen molar-refractivity contribution in [1.29, 1.82) is 0 Å². The van der Waals surface area contributed by atoms with Crippen LogP contribution in [0, 0.1) is 0 Å². The van der Waals surface area contributed by atoms with E-state index in [2.05, 4.69) is 40.5 Å². The molecule has 0 aliphatic rings. The maximum atomic E-state index is 5.93. The topological polar surface area (TPSA) is 49.8 Å². The van der Waals surface area contributed by atoms with Gasteiger partial charge in [0.15, 0.2) is 0 Å². The second-order valence-electron chi connectivity index (χ2n) is 4.32. The summed E-state index contributed by atoms with van der Waals surface area (Å²) in [7, 11) is 0. The summed E-state index contributed by atoms with van der Waals surface area (Å²) in [5.74, 6) is 1.84. The zero-order valence-electron chi connectivity index (χ0n) is 11.7. The molecule has 0 saturated carbocycles. The Morgan fingerprint density at radius 3 is 2.50 bits per heavy atom. The number of halogens is 1. The zero-order valence-corrected chi connectivity index (χ0v) is 13.3. The van der Waals surface area contributed by atoms with Crippen molar-refractivity contribution in [2.45, 2.75) is 26.7 Å². The van der Waals surface area contributed by atoms with Crippen LogP contribution in [-0.4, -0.2) is 23.1 Å². The van der Waals surface area contributed by atoms with E-state index in [9.17, 15) is 0 Å². The van der Waals surface area contributed by atoms with Crippen LogP contribution < -0.4 is 10.6 Å². The molecule has 2 rings (SSSR count). The Kier molecular flexibility index (Phi) is 5.61. The fourth-order valence-corrected chi connectivity index (χ4v) is 3.10. The molecule has 0 unspecified atom stereocenters. The molecule has 20 heavy (non-hydrogen) atoms.